The maximum absolute atomic E-state index is 12.8. The third kappa shape index (κ3) is 27.5. The minimum Gasteiger partial charge on any atom is -0.462 e. The minimum absolute atomic E-state index is 0.0212. The van der Waals surface area contributed by atoms with Gasteiger partial charge in [0.05, 0.1) is 12.7 Å². The van der Waals surface area contributed by atoms with Gasteiger partial charge in [0.1, 0.15) is 43.2 Å². The van der Waals surface area contributed by atoms with Gasteiger partial charge >= 0.3 is 19.8 Å². The van der Waals surface area contributed by atoms with Crippen molar-refractivity contribution in [2.75, 3.05) is 13.2 Å². The highest BCUT2D eigenvalue weighted by molar-refractivity contribution is 7.47. The Morgan fingerprint density at radius 1 is 0.617 bits per heavy atom. The zero-order valence-corrected chi connectivity index (χ0v) is 37.0. The molecule has 9 atom stereocenters. The number of esters is 2. The maximum atomic E-state index is 12.8. The molecule has 0 spiro atoms. The van der Waals surface area contributed by atoms with E-state index in [1.54, 1.807) is 6.08 Å². The molecule has 15 heteroatoms. The van der Waals surface area contributed by atoms with Gasteiger partial charge in [0, 0.05) is 12.8 Å². The average molecular weight is 873 g/mol. The van der Waals surface area contributed by atoms with E-state index in [1.165, 1.54) is 19.3 Å². The van der Waals surface area contributed by atoms with Gasteiger partial charge in [-0.05, 0) is 64.2 Å². The summed E-state index contributed by atoms with van der Waals surface area (Å²) in [6, 6.07) is 0. The zero-order valence-electron chi connectivity index (χ0n) is 36.1. The van der Waals surface area contributed by atoms with Gasteiger partial charge in [-0.15, -0.1) is 0 Å². The Morgan fingerprint density at radius 2 is 1.15 bits per heavy atom. The molecule has 1 aliphatic rings. The van der Waals surface area contributed by atoms with Crippen LogP contribution in [0.2, 0.25) is 0 Å². The molecule has 0 aromatic heterocycles. The summed E-state index contributed by atoms with van der Waals surface area (Å²) in [5.41, 5.74) is 0. The van der Waals surface area contributed by atoms with Crippen LogP contribution in [0, 0.1) is 0 Å². The number of carbonyl (C=O) groups is 2. The van der Waals surface area contributed by atoms with Gasteiger partial charge in [-0.2, -0.15) is 0 Å². The number of hydrogen-bond donors (Lipinski definition) is 7. The van der Waals surface area contributed by atoms with Crippen LogP contribution in [0.5, 0.6) is 0 Å². The number of ether oxygens (including phenoxy) is 2. The van der Waals surface area contributed by atoms with Crippen molar-refractivity contribution in [2.24, 2.45) is 0 Å². The lowest BCUT2D eigenvalue weighted by Crippen LogP contribution is -2.64. The normalized spacial score (nSPS) is 23.3. The summed E-state index contributed by atoms with van der Waals surface area (Å²) in [5, 5.41) is 60.2. The third-order valence-corrected chi connectivity index (χ3v) is 10.9. The van der Waals surface area contributed by atoms with Crippen molar-refractivity contribution in [3.8, 4) is 0 Å². The highest BCUT2D eigenvalue weighted by Crippen LogP contribution is 2.47. The fourth-order valence-electron chi connectivity index (χ4n) is 6.32. The SMILES string of the molecule is CC/C=C/C/C=C/C=C/C(O)CCCCCCCC(=O)O[C@H](COC(=O)CCCCCCC/C=C\C/C=C\CCCCC)COP(=O)(O)OC1[C@H](O)[C@H](O)C(O)[C@H](O)[C@H]1O. The molecule has 60 heavy (non-hydrogen) atoms. The molecule has 0 amide bonds. The van der Waals surface area contributed by atoms with E-state index in [2.05, 4.69) is 50.3 Å². The van der Waals surface area contributed by atoms with Crippen LogP contribution in [0.1, 0.15) is 149 Å². The lowest BCUT2D eigenvalue weighted by atomic mass is 9.85. The molecule has 346 valence electrons. The van der Waals surface area contributed by atoms with Crippen LogP contribution >= 0.6 is 7.82 Å². The van der Waals surface area contributed by atoms with Crippen LogP contribution in [0.15, 0.2) is 60.8 Å². The Balaban J connectivity index is 2.54. The minimum atomic E-state index is -5.15. The largest absolute Gasteiger partial charge is 0.472 e. The lowest BCUT2D eigenvalue weighted by Gasteiger charge is -2.41. The molecule has 14 nitrogen and oxygen atoms in total. The highest BCUT2D eigenvalue weighted by atomic mass is 31.2. The number of phosphoric ester groups is 1. The fourth-order valence-corrected chi connectivity index (χ4v) is 7.30. The van der Waals surface area contributed by atoms with E-state index in [-0.39, 0.29) is 12.8 Å². The first-order valence-corrected chi connectivity index (χ1v) is 23.7. The van der Waals surface area contributed by atoms with Crippen molar-refractivity contribution in [3.05, 3.63) is 60.8 Å². The van der Waals surface area contributed by atoms with Crippen molar-refractivity contribution >= 4 is 19.8 Å². The topological polar surface area (TPSA) is 230 Å². The van der Waals surface area contributed by atoms with Crippen LogP contribution in [0.3, 0.4) is 0 Å². The van der Waals surface area contributed by atoms with Crippen LogP contribution in [0.25, 0.3) is 0 Å². The van der Waals surface area contributed by atoms with Crippen molar-refractivity contribution < 1.29 is 68.2 Å². The van der Waals surface area contributed by atoms with Crippen LogP contribution in [0.4, 0.5) is 0 Å². The monoisotopic (exact) mass is 873 g/mol. The molecule has 7 N–H and O–H groups in total. The second kappa shape index (κ2) is 35.0. The standard InChI is InChI=1S/C45H77O14P/c1-3-5-7-9-11-12-13-14-15-16-17-18-20-24-28-32-38(47)56-34-37(35-57-60(54,55)59-45-43(52)41(50)40(49)42(51)44(45)53)58-39(48)33-29-25-21-23-27-31-36(46)30-26-22-19-10-8-6-4-2/h6,8,11-12,14-15,19,22,26,30,36-37,40-46,49-53H,3-5,7,9-10,13,16-18,20-21,23-25,27-29,31-35H2,1-2H3,(H,54,55)/b8-6+,12-11-,15-14-,22-19+,30-26+/t36?,37-,40?,41-,42+,43-,44-,45?/m1/s1. The third-order valence-electron chi connectivity index (χ3n) is 9.95. The van der Waals surface area contributed by atoms with E-state index in [0.29, 0.717) is 19.3 Å². The van der Waals surface area contributed by atoms with Gasteiger partial charge < -0.3 is 45.0 Å². The number of phosphoric acid groups is 1. The molecule has 0 saturated heterocycles. The molecule has 4 unspecified atom stereocenters. The van der Waals surface area contributed by atoms with E-state index in [9.17, 15) is 49.7 Å². The molecule has 1 rings (SSSR count). The van der Waals surface area contributed by atoms with Crippen LogP contribution in [-0.4, -0.2) is 110 Å². The lowest BCUT2D eigenvalue weighted by molar-refractivity contribution is -0.220. The highest BCUT2D eigenvalue weighted by Gasteiger charge is 2.51. The predicted molar refractivity (Wildman–Crippen MR) is 232 cm³/mol. The molecule has 0 radical (unpaired) electrons. The first-order chi connectivity index (χ1) is 28.8. The fraction of sp³-hybridized carbons (Fsp3) is 0.733. The van der Waals surface area contributed by atoms with E-state index in [4.69, 9.17) is 18.5 Å². The Bertz CT molecular complexity index is 1300. The van der Waals surface area contributed by atoms with E-state index >= 15 is 0 Å². The van der Waals surface area contributed by atoms with Crippen molar-refractivity contribution in [1.82, 2.24) is 0 Å². The van der Waals surface area contributed by atoms with Gasteiger partial charge in [-0.1, -0.05) is 132 Å². The van der Waals surface area contributed by atoms with Gasteiger partial charge in [-0.25, -0.2) is 4.57 Å². The van der Waals surface area contributed by atoms with Gasteiger partial charge in [-0.3, -0.25) is 18.6 Å². The summed E-state index contributed by atoms with van der Waals surface area (Å²) in [4.78, 5) is 35.7. The van der Waals surface area contributed by atoms with Gasteiger partial charge in [0.2, 0.25) is 0 Å². The smallest absolute Gasteiger partial charge is 0.462 e. The molecule has 0 aromatic rings. The Kier molecular flexibility index (Phi) is 32.4. The molecule has 0 heterocycles. The summed E-state index contributed by atoms with van der Waals surface area (Å²) in [7, 11) is -5.15. The Labute approximate surface area is 358 Å². The van der Waals surface area contributed by atoms with E-state index < -0.39 is 81.8 Å². The number of rotatable bonds is 35. The first-order valence-electron chi connectivity index (χ1n) is 22.2. The van der Waals surface area contributed by atoms with Gasteiger partial charge in [0.25, 0.3) is 0 Å². The molecular weight excluding hydrogens is 795 g/mol. The van der Waals surface area contributed by atoms with E-state index in [0.717, 1.165) is 83.5 Å². The molecule has 1 saturated carbocycles. The number of carbonyl (C=O) groups excluding carboxylic acids is 2. The zero-order chi connectivity index (χ0) is 44.4. The number of aliphatic hydroxyl groups excluding tert-OH is 6. The Morgan fingerprint density at radius 3 is 1.78 bits per heavy atom. The van der Waals surface area contributed by atoms with E-state index in [1.807, 2.05) is 18.2 Å². The maximum Gasteiger partial charge on any atom is 0.472 e. The number of unbranched alkanes of at least 4 members (excludes halogenated alkanes) is 12. The molecule has 1 aliphatic carbocycles. The van der Waals surface area contributed by atoms with Crippen molar-refractivity contribution in [2.45, 2.75) is 198 Å². The summed E-state index contributed by atoms with van der Waals surface area (Å²) in [5.74, 6) is -1.20. The first kappa shape index (κ1) is 55.5. The van der Waals surface area contributed by atoms with Crippen LogP contribution in [-0.2, 0) is 32.7 Å². The molecular formula is C45H77O14P. The van der Waals surface area contributed by atoms with Gasteiger partial charge in [0.15, 0.2) is 6.10 Å². The molecule has 0 bridgehead atoms. The summed E-state index contributed by atoms with van der Waals surface area (Å²) in [6.07, 6.45) is 24.3. The summed E-state index contributed by atoms with van der Waals surface area (Å²) in [6.45, 7) is 3.03. The van der Waals surface area contributed by atoms with Crippen molar-refractivity contribution in [3.63, 3.8) is 0 Å². The number of aliphatic hydroxyl groups is 6. The Hall–Kier alpha value is -2.49. The molecule has 0 aliphatic heterocycles. The quantitative estimate of drug-likeness (QED) is 0.0110. The number of allylic oxidation sites excluding steroid dienone is 9. The predicted octanol–water partition coefficient (Wildman–Crippen LogP) is 7.14. The average Bonchev–Trinajstić information content (AvgIpc) is 3.22. The molecule has 0 aromatic carbocycles. The van der Waals surface area contributed by atoms with Crippen molar-refractivity contribution in [1.29, 1.82) is 0 Å². The summed E-state index contributed by atoms with van der Waals surface area (Å²) < 4.78 is 33.4. The van der Waals surface area contributed by atoms with Crippen LogP contribution < -0.4 is 0 Å². The second-order valence-electron chi connectivity index (χ2n) is 15.4. The molecule has 1 fully saturated rings. The number of hydrogen-bond acceptors (Lipinski definition) is 13. The second-order valence-corrected chi connectivity index (χ2v) is 16.8. The summed E-state index contributed by atoms with van der Waals surface area (Å²) >= 11 is 0.